The molecule has 1 aromatic rings. The second-order valence-corrected chi connectivity index (χ2v) is 5.15. The third-order valence-corrected chi connectivity index (χ3v) is 3.04. The lowest BCUT2D eigenvalue weighted by Crippen LogP contribution is -2.39. The molecular formula is C15H24N2O2. The van der Waals surface area contributed by atoms with Crippen LogP contribution in [0.4, 0.5) is 0 Å². The zero-order valence-corrected chi connectivity index (χ0v) is 12.2. The molecule has 0 saturated heterocycles. The van der Waals surface area contributed by atoms with E-state index in [-0.39, 0.29) is 23.7 Å². The van der Waals surface area contributed by atoms with E-state index in [1.165, 1.54) is 0 Å². The van der Waals surface area contributed by atoms with Gasteiger partial charge in [-0.3, -0.25) is 9.69 Å². The number of phenols is 1. The average molecular weight is 264 g/mol. The molecule has 0 aliphatic rings. The molecule has 106 valence electrons. The van der Waals surface area contributed by atoms with Crippen LogP contribution >= 0.6 is 0 Å². The highest BCUT2D eigenvalue weighted by Gasteiger charge is 2.17. The number of benzene rings is 1. The van der Waals surface area contributed by atoms with Crippen LogP contribution in [0.25, 0.3) is 0 Å². The van der Waals surface area contributed by atoms with Gasteiger partial charge in [0.15, 0.2) is 0 Å². The van der Waals surface area contributed by atoms with Gasteiger partial charge in [-0.1, -0.05) is 19.1 Å². The molecule has 0 fully saturated rings. The van der Waals surface area contributed by atoms with Crippen LogP contribution in [-0.2, 0) is 4.79 Å². The quantitative estimate of drug-likeness (QED) is 0.829. The molecule has 1 amide bonds. The predicted octanol–water partition coefficient (Wildman–Crippen LogP) is 2.30. The van der Waals surface area contributed by atoms with Crippen LogP contribution < -0.4 is 5.32 Å². The summed E-state index contributed by atoms with van der Waals surface area (Å²) in [6.07, 6.45) is 0.913. The molecule has 0 heterocycles. The van der Waals surface area contributed by atoms with Crippen molar-refractivity contribution in [3.63, 3.8) is 0 Å². The predicted molar refractivity (Wildman–Crippen MR) is 77.0 cm³/mol. The Morgan fingerprint density at radius 1 is 1.32 bits per heavy atom. The van der Waals surface area contributed by atoms with E-state index < -0.39 is 0 Å². The third-order valence-electron chi connectivity index (χ3n) is 3.04. The number of aromatic hydroxyl groups is 1. The largest absolute Gasteiger partial charge is 0.508 e. The molecule has 0 aliphatic heterocycles. The number of hydrogen-bond acceptors (Lipinski definition) is 3. The molecule has 19 heavy (non-hydrogen) atoms. The number of nitrogens with zero attached hydrogens (tertiary/aromatic N) is 1. The van der Waals surface area contributed by atoms with Crippen molar-refractivity contribution < 1.29 is 9.90 Å². The van der Waals surface area contributed by atoms with Crippen LogP contribution in [0.2, 0.25) is 0 Å². The average Bonchev–Trinajstić information content (AvgIpc) is 2.31. The molecule has 4 heteroatoms. The Labute approximate surface area is 115 Å². The Balaban J connectivity index is 2.68. The molecule has 0 aliphatic carbocycles. The zero-order chi connectivity index (χ0) is 14.4. The van der Waals surface area contributed by atoms with Gasteiger partial charge in [-0.15, -0.1) is 0 Å². The Hall–Kier alpha value is -1.55. The highest BCUT2D eigenvalue weighted by molar-refractivity contribution is 5.78. The third kappa shape index (κ3) is 4.91. The number of carbonyl (C=O) groups is 1. The minimum absolute atomic E-state index is 0.0368. The van der Waals surface area contributed by atoms with Gasteiger partial charge in [-0.05, 0) is 45.0 Å². The Morgan fingerprint density at radius 2 is 1.89 bits per heavy atom. The van der Waals surface area contributed by atoms with E-state index >= 15 is 0 Å². The second-order valence-electron chi connectivity index (χ2n) is 5.15. The number of rotatable bonds is 6. The van der Waals surface area contributed by atoms with Crippen LogP contribution in [-0.4, -0.2) is 35.5 Å². The van der Waals surface area contributed by atoms with E-state index in [9.17, 15) is 9.90 Å². The Kier molecular flexibility index (Phi) is 5.83. The standard InChI is InChI=1S/C15H24N2O2/c1-5-14(12-6-8-13(18)9-7-12)17(4)10-15(19)16-11(2)3/h6-9,11,14,18H,5,10H2,1-4H3,(H,16,19). The van der Waals surface area contributed by atoms with Gasteiger partial charge >= 0.3 is 0 Å². The number of likely N-dealkylation sites (N-methyl/N-ethyl adjacent to an activating group) is 1. The zero-order valence-electron chi connectivity index (χ0n) is 12.2. The minimum Gasteiger partial charge on any atom is -0.508 e. The van der Waals surface area contributed by atoms with Crippen molar-refractivity contribution in [1.29, 1.82) is 0 Å². The van der Waals surface area contributed by atoms with E-state index in [0.29, 0.717) is 6.54 Å². The van der Waals surface area contributed by atoms with Gasteiger partial charge in [0.05, 0.1) is 6.54 Å². The van der Waals surface area contributed by atoms with Crippen LogP contribution in [0.15, 0.2) is 24.3 Å². The van der Waals surface area contributed by atoms with Crippen molar-refractivity contribution in [1.82, 2.24) is 10.2 Å². The summed E-state index contributed by atoms with van der Waals surface area (Å²) in [6.45, 7) is 6.37. The molecule has 2 N–H and O–H groups in total. The van der Waals surface area contributed by atoms with Crippen molar-refractivity contribution in [2.24, 2.45) is 0 Å². The lowest BCUT2D eigenvalue weighted by Gasteiger charge is -2.27. The summed E-state index contributed by atoms with van der Waals surface area (Å²) in [5, 5.41) is 12.2. The van der Waals surface area contributed by atoms with Gasteiger partial charge in [-0.2, -0.15) is 0 Å². The summed E-state index contributed by atoms with van der Waals surface area (Å²) < 4.78 is 0. The fraction of sp³-hybridized carbons (Fsp3) is 0.533. The Bertz CT molecular complexity index is 401. The maximum atomic E-state index is 11.8. The molecule has 0 aromatic heterocycles. The normalized spacial score (nSPS) is 12.7. The molecular weight excluding hydrogens is 240 g/mol. The van der Waals surface area contributed by atoms with Gasteiger partial charge in [-0.25, -0.2) is 0 Å². The van der Waals surface area contributed by atoms with Crippen molar-refractivity contribution >= 4 is 5.91 Å². The second kappa shape index (κ2) is 7.14. The van der Waals surface area contributed by atoms with Crippen LogP contribution in [0.3, 0.4) is 0 Å². The first-order valence-corrected chi connectivity index (χ1v) is 6.72. The molecule has 1 rings (SSSR count). The lowest BCUT2D eigenvalue weighted by atomic mass is 10.0. The van der Waals surface area contributed by atoms with E-state index in [1.54, 1.807) is 12.1 Å². The fourth-order valence-electron chi connectivity index (χ4n) is 2.20. The maximum Gasteiger partial charge on any atom is 0.234 e. The smallest absolute Gasteiger partial charge is 0.234 e. The molecule has 0 radical (unpaired) electrons. The molecule has 1 aromatic carbocycles. The van der Waals surface area contributed by atoms with Gasteiger partial charge in [0, 0.05) is 12.1 Å². The molecule has 0 saturated carbocycles. The van der Waals surface area contributed by atoms with Gasteiger partial charge in [0.2, 0.25) is 5.91 Å². The summed E-state index contributed by atoms with van der Waals surface area (Å²) in [5.41, 5.74) is 1.11. The molecule has 0 bridgehead atoms. The van der Waals surface area contributed by atoms with Crippen molar-refractivity contribution in [3.8, 4) is 5.75 Å². The molecule has 1 atom stereocenters. The summed E-state index contributed by atoms with van der Waals surface area (Å²) in [7, 11) is 1.95. The van der Waals surface area contributed by atoms with Crippen molar-refractivity contribution in [2.75, 3.05) is 13.6 Å². The first kappa shape index (κ1) is 15.5. The van der Waals surface area contributed by atoms with E-state index in [0.717, 1.165) is 12.0 Å². The van der Waals surface area contributed by atoms with Crippen LogP contribution in [0.1, 0.15) is 38.8 Å². The van der Waals surface area contributed by atoms with Crippen molar-refractivity contribution in [3.05, 3.63) is 29.8 Å². The van der Waals surface area contributed by atoms with Crippen molar-refractivity contribution in [2.45, 2.75) is 39.3 Å². The summed E-state index contributed by atoms with van der Waals surface area (Å²) in [4.78, 5) is 13.8. The first-order valence-electron chi connectivity index (χ1n) is 6.72. The monoisotopic (exact) mass is 264 g/mol. The molecule has 0 spiro atoms. The Morgan fingerprint density at radius 3 is 2.37 bits per heavy atom. The number of phenolic OH excluding ortho intramolecular Hbond substituents is 1. The minimum atomic E-state index is 0.0368. The van der Waals surface area contributed by atoms with E-state index in [1.807, 2.05) is 37.9 Å². The maximum absolute atomic E-state index is 11.8. The molecule has 4 nitrogen and oxygen atoms in total. The number of nitrogens with one attached hydrogen (secondary N) is 1. The summed E-state index contributed by atoms with van der Waals surface area (Å²) in [6, 6.07) is 7.51. The van der Waals surface area contributed by atoms with Gasteiger partial charge in [0.25, 0.3) is 0 Å². The highest BCUT2D eigenvalue weighted by Crippen LogP contribution is 2.24. The van der Waals surface area contributed by atoms with Gasteiger partial charge < -0.3 is 10.4 Å². The first-order chi connectivity index (χ1) is 8.93. The topological polar surface area (TPSA) is 52.6 Å². The number of hydrogen-bond donors (Lipinski definition) is 2. The van der Waals surface area contributed by atoms with E-state index in [2.05, 4.69) is 12.2 Å². The van der Waals surface area contributed by atoms with Crippen LogP contribution in [0.5, 0.6) is 5.75 Å². The number of amides is 1. The number of carbonyl (C=O) groups excluding carboxylic acids is 1. The summed E-state index contributed by atoms with van der Waals surface area (Å²) >= 11 is 0. The van der Waals surface area contributed by atoms with E-state index in [4.69, 9.17) is 0 Å². The van der Waals surface area contributed by atoms with Crippen LogP contribution in [0, 0.1) is 0 Å². The highest BCUT2D eigenvalue weighted by atomic mass is 16.3. The fourth-order valence-corrected chi connectivity index (χ4v) is 2.20. The lowest BCUT2D eigenvalue weighted by molar-refractivity contribution is -0.122. The summed E-state index contributed by atoms with van der Waals surface area (Å²) in [5.74, 6) is 0.300. The molecule has 1 unspecified atom stereocenters. The van der Waals surface area contributed by atoms with Gasteiger partial charge in [0.1, 0.15) is 5.75 Å². The SMILES string of the molecule is CCC(c1ccc(O)cc1)N(C)CC(=O)NC(C)C.